The van der Waals surface area contributed by atoms with Crippen molar-refractivity contribution in [2.24, 2.45) is 0 Å². The number of nitrogens with zero attached hydrogens (tertiary/aromatic N) is 5. The van der Waals surface area contributed by atoms with Crippen LogP contribution in [0.15, 0.2) is 61.1 Å². The van der Waals surface area contributed by atoms with Gasteiger partial charge in [-0.25, -0.2) is 19.9 Å². The summed E-state index contributed by atoms with van der Waals surface area (Å²) in [4.78, 5) is 31.9. The van der Waals surface area contributed by atoms with Crippen molar-refractivity contribution in [1.29, 1.82) is 0 Å². The molecule has 0 bridgehead atoms. The number of aryl methyl sites for hydroxylation is 1. The van der Waals surface area contributed by atoms with Gasteiger partial charge in [0.2, 0.25) is 17.8 Å². The van der Waals surface area contributed by atoms with E-state index in [4.69, 9.17) is 0 Å². The zero-order chi connectivity index (χ0) is 20.6. The summed E-state index contributed by atoms with van der Waals surface area (Å²) in [5, 5.41) is 3.04. The first-order valence-electron chi connectivity index (χ1n) is 10.5. The van der Waals surface area contributed by atoms with Crippen LogP contribution in [-0.4, -0.2) is 43.8 Å². The van der Waals surface area contributed by atoms with Gasteiger partial charge in [-0.1, -0.05) is 30.3 Å². The number of hydrogen-bond acceptors (Lipinski definition) is 6. The van der Waals surface area contributed by atoms with Crippen LogP contribution in [0, 0.1) is 0 Å². The Morgan fingerprint density at radius 2 is 1.80 bits per heavy atom. The predicted molar refractivity (Wildman–Crippen MR) is 115 cm³/mol. The maximum atomic E-state index is 12.7. The molecule has 7 heteroatoms. The number of nitrogens with one attached hydrogen (secondary N) is 1. The molecule has 0 aliphatic carbocycles. The molecule has 3 aromatic rings. The number of carbonyl (C=O) groups excluding carboxylic acids is 1. The van der Waals surface area contributed by atoms with Crippen molar-refractivity contribution in [3.8, 4) is 0 Å². The van der Waals surface area contributed by atoms with Gasteiger partial charge >= 0.3 is 0 Å². The van der Waals surface area contributed by atoms with E-state index < -0.39 is 0 Å². The highest BCUT2D eigenvalue weighted by molar-refractivity contribution is 5.76. The second kappa shape index (κ2) is 9.91. The molecule has 4 rings (SSSR count). The van der Waals surface area contributed by atoms with E-state index in [-0.39, 0.29) is 11.8 Å². The summed E-state index contributed by atoms with van der Waals surface area (Å²) in [5.41, 5.74) is 2.23. The number of benzene rings is 1. The summed E-state index contributed by atoms with van der Waals surface area (Å²) in [6, 6.07) is 14.0. The fourth-order valence-corrected chi connectivity index (χ4v) is 3.82. The maximum absolute atomic E-state index is 12.7. The van der Waals surface area contributed by atoms with E-state index in [1.54, 1.807) is 24.7 Å². The minimum absolute atomic E-state index is 0.220. The van der Waals surface area contributed by atoms with Crippen molar-refractivity contribution in [1.82, 2.24) is 24.8 Å². The van der Waals surface area contributed by atoms with Crippen LogP contribution >= 0.6 is 0 Å². The van der Waals surface area contributed by atoms with Gasteiger partial charge < -0.3 is 4.90 Å². The molecule has 0 radical (unpaired) electrons. The first-order valence-corrected chi connectivity index (χ1v) is 10.5. The molecule has 1 aliphatic rings. The third-order valence-electron chi connectivity index (χ3n) is 5.36. The zero-order valence-corrected chi connectivity index (χ0v) is 16.9. The maximum Gasteiger partial charge on any atom is 0.229 e. The van der Waals surface area contributed by atoms with E-state index in [1.165, 1.54) is 5.56 Å². The topological polar surface area (TPSA) is 83.9 Å². The predicted octanol–water partition coefficient (Wildman–Crippen LogP) is 3.74. The first-order chi connectivity index (χ1) is 14.8. The van der Waals surface area contributed by atoms with Crippen LogP contribution in [0.2, 0.25) is 0 Å². The Morgan fingerprint density at radius 1 is 1.00 bits per heavy atom. The molecule has 30 heavy (non-hydrogen) atoms. The van der Waals surface area contributed by atoms with Crippen molar-refractivity contribution in [3.63, 3.8) is 0 Å². The first kappa shape index (κ1) is 19.9. The van der Waals surface area contributed by atoms with Crippen molar-refractivity contribution in [2.45, 2.75) is 38.0 Å². The SMILES string of the molecule is O=C(CCCc1ccccc1)N1CCC[C@@H](c2ccnc(Nc3ncccn3)n2)C1. The second-order valence-corrected chi connectivity index (χ2v) is 7.52. The molecule has 7 nitrogen and oxygen atoms in total. The zero-order valence-electron chi connectivity index (χ0n) is 16.9. The molecule has 1 saturated heterocycles. The quantitative estimate of drug-likeness (QED) is 0.648. The number of hydrogen-bond donors (Lipinski definition) is 1. The van der Waals surface area contributed by atoms with Gasteiger partial charge in [0, 0.05) is 44.0 Å². The Hall–Kier alpha value is -3.35. The average Bonchev–Trinajstić information content (AvgIpc) is 2.81. The third-order valence-corrected chi connectivity index (χ3v) is 5.36. The minimum Gasteiger partial charge on any atom is -0.342 e. The van der Waals surface area contributed by atoms with Gasteiger partial charge in [0.1, 0.15) is 0 Å². The number of amides is 1. The van der Waals surface area contributed by atoms with E-state index in [0.29, 0.717) is 24.9 Å². The Labute approximate surface area is 176 Å². The minimum atomic E-state index is 0.220. The molecule has 2 aromatic heterocycles. The molecule has 1 atom stereocenters. The van der Waals surface area contributed by atoms with Gasteiger partial charge in [-0.3, -0.25) is 10.1 Å². The lowest BCUT2D eigenvalue weighted by Gasteiger charge is -2.32. The van der Waals surface area contributed by atoms with Crippen molar-refractivity contribution < 1.29 is 4.79 Å². The van der Waals surface area contributed by atoms with E-state index in [0.717, 1.165) is 37.9 Å². The van der Waals surface area contributed by atoms with Crippen molar-refractivity contribution in [3.05, 3.63) is 72.3 Å². The third kappa shape index (κ3) is 5.37. The monoisotopic (exact) mass is 402 g/mol. The van der Waals surface area contributed by atoms with Crippen molar-refractivity contribution in [2.75, 3.05) is 18.4 Å². The average molecular weight is 403 g/mol. The van der Waals surface area contributed by atoms with E-state index in [1.807, 2.05) is 29.2 Å². The Kier molecular flexibility index (Phi) is 6.59. The summed E-state index contributed by atoms with van der Waals surface area (Å²) >= 11 is 0. The van der Waals surface area contributed by atoms with Crippen LogP contribution in [-0.2, 0) is 11.2 Å². The molecule has 1 fully saturated rings. The molecular formula is C23H26N6O. The number of carbonyl (C=O) groups is 1. The number of piperidine rings is 1. The highest BCUT2D eigenvalue weighted by atomic mass is 16.2. The van der Waals surface area contributed by atoms with Crippen LogP contribution in [0.4, 0.5) is 11.9 Å². The summed E-state index contributed by atoms with van der Waals surface area (Å²) < 4.78 is 0. The summed E-state index contributed by atoms with van der Waals surface area (Å²) in [6.07, 6.45) is 9.49. The lowest BCUT2D eigenvalue weighted by atomic mass is 9.94. The fraction of sp³-hybridized carbons (Fsp3) is 0.348. The van der Waals surface area contributed by atoms with E-state index >= 15 is 0 Å². The van der Waals surface area contributed by atoms with Crippen LogP contribution in [0.1, 0.15) is 42.9 Å². The number of aromatic nitrogens is 4. The number of rotatable bonds is 7. The molecule has 1 N–H and O–H groups in total. The molecule has 0 saturated carbocycles. The highest BCUT2D eigenvalue weighted by Gasteiger charge is 2.25. The fourth-order valence-electron chi connectivity index (χ4n) is 3.82. The molecule has 154 valence electrons. The lowest BCUT2D eigenvalue weighted by molar-refractivity contribution is -0.132. The Morgan fingerprint density at radius 3 is 2.63 bits per heavy atom. The van der Waals surface area contributed by atoms with Gasteiger partial charge in [-0.2, -0.15) is 0 Å². The molecule has 1 aromatic carbocycles. The molecular weight excluding hydrogens is 376 g/mol. The number of anilines is 2. The Bertz CT molecular complexity index is 950. The van der Waals surface area contributed by atoms with E-state index in [2.05, 4.69) is 37.4 Å². The van der Waals surface area contributed by atoms with Gasteiger partial charge in [-0.05, 0) is 43.4 Å². The van der Waals surface area contributed by atoms with Gasteiger partial charge in [-0.15, -0.1) is 0 Å². The van der Waals surface area contributed by atoms with Gasteiger partial charge in [0.25, 0.3) is 0 Å². The van der Waals surface area contributed by atoms with Crippen LogP contribution in [0.5, 0.6) is 0 Å². The van der Waals surface area contributed by atoms with Crippen molar-refractivity contribution >= 4 is 17.8 Å². The standard InChI is InChI=1S/C23H26N6O/c30-21(11-4-9-18-7-2-1-3-8-18)29-16-5-10-19(17-29)20-12-15-26-23(27-20)28-22-24-13-6-14-25-22/h1-3,6-8,12-15,19H,4-5,9-11,16-17H2,(H,24,25,26,27,28)/t19-/m1/s1. The van der Waals surface area contributed by atoms with Gasteiger partial charge in [0.05, 0.1) is 5.69 Å². The van der Waals surface area contributed by atoms with Crippen LogP contribution < -0.4 is 5.32 Å². The molecule has 1 amide bonds. The largest absolute Gasteiger partial charge is 0.342 e. The second-order valence-electron chi connectivity index (χ2n) is 7.52. The molecule has 0 spiro atoms. The smallest absolute Gasteiger partial charge is 0.229 e. The summed E-state index contributed by atoms with van der Waals surface area (Å²) in [5.74, 6) is 1.40. The summed E-state index contributed by atoms with van der Waals surface area (Å²) in [7, 11) is 0. The van der Waals surface area contributed by atoms with E-state index in [9.17, 15) is 4.79 Å². The summed E-state index contributed by atoms with van der Waals surface area (Å²) in [6.45, 7) is 1.54. The normalized spacial score (nSPS) is 16.3. The molecule has 1 aliphatic heterocycles. The van der Waals surface area contributed by atoms with Crippen LogP contribution in [0.3, 0.4) is 0 Å². The number of likely N-dealkylation sites (tertiary alicyclic amines) is 1. The lowest BCUT2D eigenvalue weighted by Crippen LogP contribution is -2.39. The molecule has 0 unspecified atom stereocenters. The van der Waals surface area contributed by atoms with Crippen LogP contribution in [0.25, 0.3) is 0 Å². The Balaban J connectivity index is 1.33. The van der Waals surface area contributed by atoms with Gasteiger partial charge in [0.15, 0.2) is 0 Å². The highest BCUT2D eigenvalue weighted by Crippen LogP contribution is 2.26. The molecule has 3 heterocycles.